The summed E-state index contributed by atoms with van der Waals surface area (Å²) in [7, 11) is 3.19. The van der Waals surface area contributed by atoms with Crippen molar-refractivity contribution >= 4 is 23.2 Å². The summed E-state index contributed by atoms with van der Waals surface area (Å²) >= 11 is 1.70. The quantitative estimate of drug-likeness (QED) is 0.415. The zero-order valence-electron chi connectivity index (χ0n) is 21.1. The van der Waals surface area contributed by atoms with Gasteiger partial charge in [-0.1, -0.05) is 12.1 Å². The van der Waals surface area contributed by atoms with E-state index in [9.17, 15) is 9.59 Å². The van der Waals surface area contributed by atoms with Crippen molar-refractivity contribution in [3.05, 3.63) is 76.0 Å². The van der Waals surface area contributed by atoms with Gasteiger partial charge in [0.05, 0.1) is 20.3 Å². The smallest absolute Gasteiger partial charge is 0.254 e. The molecule has 2 heterocycles. The number of nitrogens with zero attached hydrogens (tertiary/aromatic N) is 2. The fraction of sp³-hybridized carbons (Fsp3) is 0.357. The van der Waals surface area contributed by atoms with E-state index in [1.807, 2.05) is 43.0 Å². The average molecular weight is 509 g/mol. The summed E-state index contributed by atoms with van der Waals surface area (Å²) in [6.07, 6.45) is 0.790. The van der Waals surface area contributed by atoms with Gasteiger partial charge >= 0.3 is 0 Å². The van der Waals surface area contributed by atoms with Gasteiger partial charge in [-0.05, 0) is 73.7 Å². The van der Waals surface area contributed by atoms with Gasteiger partial charge in [-0.3, -0.25) is 9.59 Å². The molecule has 8 heteroatoms. The molecule has 0 saturated heterocycles. The maximum Gasteiger partial charge on any atom is 0.254 e. The van der Waals surface area contributed by atoms with Crippen LogP contribution in [0.1, 0.15) is 40.7 Å². The van der Waals surface area contributed by atoms with E-state index in [0.29, 0.717) is 36.0 Å². The van der Waals surface area contributed by atoms with Crippen LogP contribution in [-0.4, -0.2) is 61.6 Å². The van der Waals surface area contributed by atoms with E-state index in [-0.39, 0.29) is 30.4 Å². The van der Waals surface area contributed by atoms with E-state index in [1.54, 1.807) is 54.7 Å². The van der Waals surface area contributed by atoms with Crippen LogP contribution >= 0.6 is 11.3 Å². The van der Waals surface area contributed by atoms with Crippen molar-refractivity contribution in [1.29, 1.82) is 0 Å². The van der Waals surface area contributed by atoms with Gasteiger partial charge in [0.2, 0.25) is 5.91 Å². The molecule has 0 saturated carbocycles. The van der Waals surface area contributed by atoms with Crippen molar-refractivity contribution in [3.63, 3.8) is 0 Å². The normalized spacial score (nSPS) is 14.8. The number of methoxy groups -OCH3 is 2. The summed E-state index contributed by atoms with van der Waals surface area (Å²) in [6, 6.07) is 16.1. The first-order valence-electron chi connectivity index (χ1n) is 12.0. The largest absolute Gasteiger partial charge is 0.497 e. The Bertz CT molecular complexity index is 1190. The number of ether oxygens (including phenoxy) is 3. The van der Waals surface area contributed by atoms with Crippen LogP contribution in [-0.2, 0) is 11.2 Å². The van der Waals surface area contributed by atoms with Gasteiger partial charge in [0.15, 0.2) is 11.5 Å². The highest BCUT2D eigenvalue weighted by molar-refractivity contribution is 7.10. The standard InChI is InChI=1S/C28H32N2O5S/c1-19(2)30(28(32)20-9-11-21(33-3)12-10-20)17-27(31)29-15-13-26-22(14-16-36-26)23(29)18-35-25-8-6-5-7-24(25)34-4/h5-12,14,16,19,23H,13,15,17-18H2,1-4H3/t23-/m0/s1. The Kier molecular flexibility index (Phi) is 8.15. The lowest BCUT2D eigenvalue weighted by molar-refractivity contribution is -0.136. The minimum atomic E-state index is -0.248. The molecule has 0 unspecified atom stereocenters. The van der Waals surface area contributed by atoms with Crippen LogP contribution in [0, 0.1) is 0 Å². The number of benzene rings is 2. The molecule has 3 aromatic rings. The van der Waals surface area contributed by atoms with Crippen molar-refractivity contribution in [2.24, 2.45) is 0 Å². The van der Waals surface area contributed by atoms with Crippen LogP contribution in [0.15, 0.2) is 60.0 Å². The SMILES string of the molecule is COc1ccc(C(=O)N(CC(=O)N2CCc3sccc3[C@@H]2COc2ccccc2OC)C(C)C)cc1. The predicted octanol–water partition coefficient (Wildman–Crippen LogP) is 4.82. The monoisotopic (exact) mass is 508 g/mol. The Labute approximate surface area is 216 Å². The first-order valence-corrected chi connectivity index (χ1v) is 12.9. The highest BCUT2D eigenvalue weighted by Gasteiger charge is 2.34. The number of amides is 2. The first kappa shape index (κ1) is 25.6. The highest BCUT2D eigenvalue weighted by atomic mass is 32.1. The number of thiophene rings is 1. The molecule has 1 atom stereocenters. The number of hydrogen-bond donors (Lipinski definition) is 0. The molecular weight excluding hydrogens is 476 g/mol. The number of fused-ring (bicyclic) bond motifs is 1. The van der Waals surface area contributed by atoms with Crippen molar-refractivity contribution in [2.45, 2.75) is 32.4 Å². The van der Waals surface area contributed by atoms with Crippen molar-refractivity contribution in [3.8, 4) is 17.2 Å². The Hall–Kier alpha value is -3.52. The van der Waals surface area contributed by atoms with Gasteiger partial charge in [-0.15, -0.1) is 11.3 Å². The lowest BCUT2D eigenvalue weighted by Gasteiger charge is -2.37. The van der Waals surface area contributed by atoms with E-state index in [4.69, 9.17) is 14.2 Å². The molecule has 190 valence electrons. The first-order chi connectivity index (χ1) is 17.4. The second kappa shape index (κ2) is 11.5. The maximum absolute atomic E-state index is 13.7. The van der Waals surface area contributed by atoms with E-state index in [0.717, 1.165) is 12.0 Å². The molecule has 4 rings (SSSR count). The fourth-order valence-electron chi connectivity index (χ4n) is 4.41. The Morgan fingerprint density at radius 2 is 1.75 bits per heavy atom. The zero-order chi connectivity index (χ0) is 25.7. The van der Waals surface area contributed by atoms with Gasteiger partial charge in [0, 0.05) is 23.0 Å². The van der Waals surface area contributed by atoms with Crippen LogP contribution in [0.5, 0.6) is 17.2 Å². The number of hydrogen-bond acceptors (Lipinski definition) is 6. The molecule has 1 aliphatic rings. The summed E-state index contributed by atoms with van der Waals surface area (Å²) < 4.78 is 16.8. The summed E-state index contributed by atoms with van der Waals surface area (Å²) in [5.74, 6) is 1.67. The van der Waals surface area contributed by atoms with Crippen molar-refractivity contribution in [1.82, 2.24) is 9.80 Å². The average Bonchev–Trinajstić information content (AvgIpc) is 3.39. The third-order valence-electron chi connectivity index (χ3n) is 6.41. The van der Waals surface area contributed by atoms with Crippen LogP contribution in [0.3, 0.4) is 0 Å². The van der Waals surface area contributed by atoms with Crippen molar-refractivity contribution in [2.75, 3.05) is 33.9 Å². The number of carbonyl (C=O) groups is 2. The summed E-state index contributed by atoms with van der Waals surface area (Å²) in [6.45, 7) is 4.71. The summed E-state index contributed by atoms with van der Waals surface area (Å²) in [5, 5.41) is 2.06. The van der Waals surface area contributed by atoms with E-state index < -0.39 is 0 Å². The molecule has 36 heavy (non-hydrogen) atoms. The van der Waals surface area contributed by atoms with Crippen LogP contribution in [0.25, 0.3) is 0 Å². The third-order valence-corrected chi connectivity index (χ3v) is 7.40. The molecule has 0 bridgehead atoms. The van der Waals surface area contributed by atoms with E-state index in [2.05, 4.69) is 11.4 Å². The van der Waals surface area contributed by atoms with Crippen molar-refractivity contribution < 1.29 is 23.8 Å². The zero-order valence-corrected chi connectivity index (χ0v) is 21.9. The van der Waals surface area contributed by atoms with Gasteiger partial charge in [0.25, 0.3) is 5.91 Å². The van der Waals surface area contributed by atoms with E-state index in [1.165, 1.54) is 4.88 Å². The maximum atomic E-state index is 13.7. The highest BCUT2D eigenvalue weighted by Crippen LogP contribution is 2.35. The third kappa shape index (κ3) is 5.49. The van der Waals surface area contributed by atoms with Gasteiger partial charge in [-0.25, -0.2) is 0 Å². The number of carbonyl (C=O) groups excluding carboxylic acids is 2. The molecule has 2 amide bonds. The number of para-hydroxylation sites is 2. The van der Waals surface area contributed by atoms with Crippen LogP contribution in [0.2, 0.25) is 0 Å². The van der Waals surface area contributed by atoms with Crippen LogP contribution in [0.4, 0.5) is 0 Å². The summed E-state index contributed by atoms with van der Waals surface area (Å²) in [5.41, 5.74) is 1.62. The molecule has 0 fully saturated rings. The molecule has 0 N–H and O–H groups in total. The fourth-order valence-corrected chi connectivity index (χ4v) is 5.33. The molecule has 0 spiro atoms. The molecule has 0 radical (unpaired) electrons. The lowest BCUT2D eigenvalue weighted by Crippen LogP contribution is -2.49. The molecule has 7 nitrogen and oxygen atoms in total. The minimum absolute atomic E-state index is 0.00679. The Morgan fingerprint density at radius 1 is 1.03 bits per heavy atom. The summed E-state index contributed by atoms with van der Waals surface area (Å²) in [4.78, 5) is 31.7. The van der Waals surface area contributed by atoms with Crippen LogP contribution < -0.4 is 14.2 Å². The second-order valence-corrected chi connectivity index (χ2v) is 9.87. The molecule has 1 aromatic heterocycles. The van der Waals surface area contributed by atoms with Gasteiger partial charge in [-0.2, -0.15) is 0 Å². The lowest BCUT2D eigenvalue weighted by atomic mass is 10.00. The number of rotatable bonds is 9. The molecule has 1 aliphatic heterocycles. The molecule has 2 aromatic carbocycles. The Morgan fingerprint density at radius 3 is 2.42 bits per heavy atom. The molecule has 0 aliphatic carbocycles. The van der Waals surface area contributed by atoms with Gasteiger partial charge < -0.3 is 24.0 Å². The van der Waals surface area contributed by atoms with Gasteiger partial charge in [0.1, 0.15) is 18.9 Å². The minimum Gasteiger partial charge on any atom is -0.497 e. The molecular formula is C28H32N2O5S. The topological polar surface area (TPSA) is 68.3 Å². The Balaban J connectivity index is 1.53. The second-order valence-electron chi connectivity index (χ2n) is 8.87. The van der Waals surface area contributed by atoms with E-state index >= 15 is 0 Å². The predicted molar refractivity (Wildman–Crippen MR) is 140 cm³/mol.